The molecule has 2 aromatic rings. The van der Waals surface area contributed by atoms with E-state index in [1.165, 1.54) is 11.3 Å². The van der Waals surface area contributed by atoms with Crippen LogP contribution in [-0.4, -0.2) is 54.9 Å². The maximum atomic E-state index is 12.5. The minimum atomic E-state index is -0.0446. The van der Waals surface area contributed by atoms with Crippen molar-refractivity contribution in [3.05, 3.63) is 57.8 Å². The van der Waals surface area contributed by atoms with Gasteiger partial charge in [0.2, 0.25) is 5.91 Å². The topological polar surface area (TPSA) is 49.9 Å². The average Bonchev–Trinajstić information content (AvgIpc) is 3.20. The van der Waals surface area contributed by atoms with Gasteiger partial charge in [0.1, 0.15) is 5.75 Å². The van der Waals surface area contributed by atoms with Crippen molar-refractivity contribution >= 4 is 29.2 Å². The van der Waals surface area contributed by atoms with Crippen LogP contribution < -0.4 is 4.74 Å². The molecule has 136 valence electrons. The van der Waals surface area contributed by atoms with E-state index in [0.717, 1.165) is 21.8 Å². The van der Waals surface area contributed by atoms with Crippen molar-refractivity contribution in [1.82, 2.24) is 9.80 Å². The highest BCUT2D eigenvalue weighted by molar-refractivity contribution is 7.12. The number of piperazine rings is 1. The van der Waals surface area contributed by atoms with E-state index in [4.69, 9.17) is 4.74 Å². The molecule has 26 heavy (non-hydrogen) atoms. The zero-order valence-electron chi connectivity index (χ0n) is 15.0. The molecule has 1 aromatic heterocycles. The molecule has 0 bridgehead atoms. The average molecular weight is 370 g/mol. The maximum absolute atomic E-state index is 12.5. The first-order chi connectivity index (χ1) is 12.6. The molecule has 6 heteroatoms. The molecular weight excluding hydrogens is 348 g/mol. The molecule has 0 radical (unpaired) electrons. The van der Waals surface area contributed by atoms with E-state index in [-0.39, 0.29) is 11.8 Å². The van der Waals surface area contributed by atoms with Gasteiger partial charge in [0.15, 0.2) is 0 Å². The number of aryl methyl sites for hydroxylation is 1. The predicted octanol–water partition coefficient (Wildman–Crippen LogP) is 3.06. The summed E-state index contributed by atoms with van der Waals surface area (Å²) in [5, 5.41) is 1.90. The fourth-order valence-corrected chi connectivity index (χ4v) is 3.63. The third-order valence-corrected chi connectivity index (χ3v) is 5.26. The summed E-state index contributed by atoms with van der Waals surface area (Å²) in [5.74, 6) is 0.745. The van der Waals surface area contributed by atoms with Gasteiger partial charge in [0.05, 0.1) is 12.0 Å². The SMILES string of the molecule is COc1ccc(C)cc1/C=C/C(=O)N1CCN(C(=O)c2cccs2)CC1. The first kappa shape index (κ1) is 18.2. The molecule has 1 fully saturated rings. The fourth-order valence-electron chi connectivity index (χ4n) is 2.94. The zero-order valence-corrected chi connectivity index (χ0v) is 15.8. The van der Waals surface area contributed by atoms with Crippen molar-refractivity contribution in [2.24, 2.45) is 0 Å². The molecule has 0 aliphatic carbocycles. The van der Waals surface area contributed by atoms with Crippen LogP contribution in [0, 0.1) is 6.92 Å². The van der Waals surface area contributed by atoms with Crippen LogP contribution in [0.1, 0.15) is 20.8 Å². The third-order valence-electron chi connectivity index (χ3n) is 4.40. The lowest BCUT2D eigenvalue weighted by Crippen LogP contribution is -2.50. The fraction of sp³-hybridized carbons (Fsp3) is 0.300. The Morgan fingerprint density at radius 3 is 2.50 bits per heavy atom. The van der Waals surface area contributed by atoms with Gasteiger partial charge in [-0.05, 0) is 36.6 Å². The van der Waals surface area contributed by atoms with Crippen LogP contribution in [0.15, 0.2) is 41.8 Å². The molecule has 2 heterocycles. The van der Waals surface area contributed by atoms with Crippen molar-refractivity contribution in [2.45, 2.75) is 6.92 Å². The van der Waals surface area contributed by atoms with Crippen LogP contribution in [-0.2, 0) is 4.79 Å². The van der Waals surface area contributed by atoms with Crippen molar-refractivity contribution in [2.75, 3.05) is 33.3 Å². The number of amides is 2. The summed E-state index contributed by atoms with van der Waals surface area (Å²) in [5.41, 5.74) is 1.99. The normalized spacial score (nSPS) is 14.7. The lowest BCUT2D eigenvalue weighted by atomic mass is 10.1. The standard InChI is InChI=1S/C20H22N2O3S/c1-15-5-7-17(25-2)16(14-15)6-8-19(23)21-9-11-22(12-10-21)20(24)18-4-3-13-26-18/h3-8,13-14H,9-12H2,1-2H3/b8-6+. The van der Waals surface area contributed by atoms with Gasteiger partial charge in [-0.25, -0.2) is 0 Å². The Morgan fingerprint density at radius 1 is 1.12 bits per heavy atom. The summed E-state index contributed by atoms with van der Waals surface area (Å²) in [6, 6.07) is 9.57. The highest BCUT2D eigenvalue weighted by Crippen LogP contribution is 2.21. The van der Waals surface area contributed by atoms with Gasteiger partial charge in [-0.3, -0.25) is 9.59 Å². The molecule has 1 aliphatic heterocycles. The van der Waals surface area contributed by atoms with Crippen LogP contribution in [0.25, 0.3) is 6.08 Å². The second kappa shape index (κ2) is 8.19. The van der Waals surface area contributed by atoms with Crippen LogP contribution in [0.3, 0.4) is 0 Å². The van der Waals surface area contributed by atoms with Gasteiger partial charge in [-0.15, -0.1) is 11.3 Å². The Bertz CT molecular complexity index is 806. The molecule has 1 aromatic carbocycles. The number of thiophene rings is 1. The van der Waals surface area contributed by atoms with Gasteiger partial charge in [-0.1, -0.05) is 17.7 Å². The number of benzene rings is 1. The molecule has 0 N–H and O–H groups in total. The van der Waals surface area contributed by atoms with Gasteiger partial charge < -0.3 is 14.5 Å². The Balaban J connectivity index is 1.59. The highest BCUT2D eigenvalue weighted by Gasteiger charge is 2.24. The molecule has 1 saturated heterocycles. The van der Waals surface area contributed by atoms with Gasteiger partial charge >= 0.3 is 0 Å². The van der Waals surface area contributed by atoms with Crippen molar-refractivity contribution in [3.8, 4) is 5.75 Å². The van der Waals surface area contributed by atoms with Crippen molar-refractivity contribution in [3.63, 3.8) is 0 Å². The minimum Gasteiger partial charge on any atom is -0.496 e. The number of carbonyl (C=O) groups excluding carboxylic acids is 2. The molecule has 0 saturated carbocycles. The molecule has 5 nitrogen and oxygen atoms in total. The Kier molecular flexibility index (Phi) is 5.73. The number of hydrogen-bond acceptors (Lipinski definition) is 4. The first-order valence-corrected chi connectivity index (χ1v) is 9.41. The molecule has 0 unspecified atom stereocenters. The summed E-state index contributed by atoms with van der Waals surface area (Å²) >= 11 is 1.45. The van der Waals surface area contributed by atoms with Gasteiger partial charge in [0, 0.05) is 37.8 Å². The quantitative estimate of drug-likeness (QED) is 0.777. The number of hydrogen-bond donors (Lipinski definition) is 0. The molecule has 0 spiro atoms. The number of rotatable bonds is 4. The second-order valence-electron chi connectivity index (χ2n) is 6.17. The molecule has 1 aliphatic rings. The predicted molar refractivity (Wildman–Crippen MR) is 104 cm³/mol. The Labute approximate surface area is 157 Å². The number of ether oxygens (including phenoxy) is 1. The van der Waals surface area contributed by atoms with E-state index < -0.39 is 0 Å². The lowest BCUT2D eigenvalue weighted by Gasteiger charge is -2.34. The number of nitrogens with zero attached hydrogens (tertiary/aromatic N) is 2. The Hall–Kier alpha value is -2.60. The zero-order chi connectivity index (χ0) is 18.5. The molecule has 3 rings (SSSR count). The first-order valence-electron chi connectivity index (χ1n) is 8.53. The molecule has 0 atom stereocenters. The van der Waals surface area contributed by atoms with Gasteiger partial charge in [0.25, 0.3) is 5.91 Å². The maximum Gasteiger partial charge on any atom is 0.264 e. The number of carbonyl (C=O) groups is 2. The summed E-state index contributed by atoms with van der Waals surface area (Å²) in [4.78, 5) is 29.1. The van der Waals surface area contributed by atoms with E-state index in [2.05, 4.69) is 0 Å². The van der Waals surface area contributed by atoms with Crippen LogP contribution in [0.4, 0.5) is 0 Å². The third kappa shape index (κ3) is 4.14. The van der Waals surface area contributed by atoms with E-state index in [0.29, 0.717) is 26.2 Å². The Morgan fingerprint density at radius 2 is 1.85 bits per heavy atom. The largest absolute Gasteiger partial charge is 0.496 e. The minimum absolute atomic E-state index is 0.0446. The smallest absolute Gasteiger partial charge is 0.264 e. The van der Waals surface area contributed by atoms with Gasteiger partial charge in [-0.2, -0.15) is 0 Å². The molecular formula is C20H22N2O3S. The summed E-state index contributed by atoms with van der Waals surface area (Å²) in [7, 11) is 1.62. The number of methoxy groups -OCH3 is 1. The summed E-state index contributed by atoms with van der Waals surface area (Å²) < 4.78 is 5.33. The molecule has 2 amide bonds. The van der Waals surface area contributed by atoms with E-state index in [1.807, 2.05) is 47.5 Å². The van der Waals surface area contributed by atoms with E-state index >= 15 is 0 Å². The van der Waals surface area contributed by atoms with Crippen LogP contribution in [0.2, 0.25) is 0 Å². The van der Waals surface area contributed by atoms with Crippen LogP contribution in [0.5, 0.6) is 5.75 Å². The highest BCUT2D eigenvalue weighted by atomic mass is 32.1. The second-order valence-corrected chi connectivity index (χ2v) is 7.12. The monoisotopic (exact) mass is 370 g/mol. The van der Waals surface area contributed by atoms with Crippen molar-refractivity contribution in [1.29, 1.82) is 0 Å². The van der Waals surface area contributed by atoms with Crippen molar-refractivity contribution < 1.29 is 14.3 Å². The summed E-state index contributed by atoms with van der Waals surface area (Å²) in [6.45, 7) is 4.22. The lowest BCUT2D eigenvalue weighted by molar-refractivity contribution is -0.127. The van der Waals surface area contributed by atoms with E-state index in [1.54, 1.807) is 24.2 Å². The van der Waals surface area contributed by atoms with E-state index in [9.17, 15) is 9.59 Å². The summed E-state index contributed by atoms with van der Waals surface area (Å²) in [6.07, 6.45) is 3.37. The van der Waals surface area contributed by atoms with Crippen LogP contribution >= 0.6 is 11.3 Å².